The van der Waals surface area contributed by atoms with Crippen molar-refractivity contribution in [2.45, 2.75) is 31.6 Å². The normalized spacial score (nSPS) is 11.4. The molecule has 0 saturated heterocycles. The van der Waals surface area contributed by atoms with Crippen LogP contribution in [0.3, 0.4) is 0 Å². The average Bonchev–Trinajstić information content (AvgIpc) is 2.63. The van der Waals surface area contributed by atoms with Crippen molar-refractivity contribution in [3.63, 3.8) is 0 Å². The highest BCUT2D eigenvalue weighted by Crippen LogP contribution is 2.37. The van der Waals surface area contributed by atoms with E-state index in [1.54, 1.807) is 0 Å². The molecule has 0 aliphatic carbocycles. The molecule has 0 radical (unpaired) electrons. The maximum atomic E-state index is 13.8. The Kier molecular flexibility index (Phi) is 6.54. The number of anilines is 1. The van der Waals surface area contributed by atoms with Crippen molar-refractivity contribution < 1.29 is 27.1 Å². The Morgan fingerprint density at radius 3 is 2.37 bits per heavy atom. The first-order valence-electron chi connectivity index (χ1n) is 8.54. The van der Waals surface area contributed by atoms with Gasteiger partial charge in [-0.1, -0.05) is 26.3 Å². The van der Waals surface area contributed by atoms with Crippen molar-refractivity contribution in [3.8, 4) is 11.1 Å². The molecule has 2 aromatic carbocycles. The lowest BCUT2D eigenvalue weighted by atomic mass is 10.0. The molecular formula is C19H21F2NO4S. The number of rotatable bonds is 8. The summed E-state index contributed by atoms with van der Waals surface area (Å²) in [5.41, 5.74) is 0.336. The largest absolute Gasteiger partial charge is 0.478 e. The van der Waals surface area contributed by atoms with E-state index in [4.69, 9.17) is 0 Å². The maximum absolute atomic E-state index is 13.8. The number of carboxylic acid groups (broad SMARTS) is 1. The van der Waals surface area contributed by atoms with Crippen LogP contribution in [0.2, 0.25) is 0 Å². The third-order valence-electron chi connectivity index (χ3n) is 4.12. The van der Waals surface area contributed by atoms with Crippen LogP contribution in [0.25, 0.3) is 11.1 Å². The Morgan fingerprint density at radius 1 is 1.11 bits per heavy atom. The van der Waals surface area contributed by atoms with Crippen molar-refractivity contribution in [1.82, 2.24) is 0 Å². The molecule has 0 fully saturated rings. The van der Waals surface area contributed by atoms with E-state index in [0.29, 0.717) is 6.54 Å². The van der Waals surface area contributed by atoms with E-state index in [2.05, 4.69) is 5.32 Å². The van der Waals surface area contributed by atoms with Gasteiger partial charge in [-0.2, -0.15) is 0 Å². The summed E-state index contributed by atoms with van der Waals surface area (Å²) in [5, 5.41) is 12.4. The zero-order chi connectivity index (χ0) is 20.2. The second-order valence-electron chi connectivity index (χ2n) is 6.01. The maximum Gasteiger partial charge on any atom is 0.335 e. The number of halogens is 2. The molecule has 2 N–H and O–H groups in total. The molecule has 0 heterocycles. The number of hydrogen-bond donors (Lipinski definition) is 2. The van der Waals surface area contributed by atoms with Crippen LogP contribution in [0, 0.1) is 11.6 Å². The van der Waals surface area contributed by atoms with Crippen LogP contribution in [-0.2, 0) is 9.84 Å². The van der Waals surface area contributed by atoms with Gasteiger partial charge in [0.1, 0.15) is 0 Å². The minimum absolute atomic E-state index is 0.136. The SMILES string of the molecule is CCCCNc1cc(C(=O)O)cc(S(=O)(=O)CC)c1-c1ccc(F)c(F)c1. The van der Waals surface area contributed by atoms with E-state index in [0.717, 1.165) is 31.0 Å². The van der Waals surface area contributed by atoms with Gasteiger partial charge in [0.15, 0.2) is 21.5 Å². The molecule has 0 atom stereocenters. The topological polar surface area (TPSA) is 83.5 Å². The number of aromatic carboxylic acids is 1. The molecular weight excluding hydrogens is 376 g/mol. The summed E-state index contributed by atoms with van der Waals surface area (Å²) >= 11 is 0. The molecule has 146 valence electrons. The van der Waals surface area contributed by atoms with Crippen LogP contribution < -0.4 is 5.32 Å². The van der Waals surface area contributed by atoms with E-state index in [1.165, 1.54) is 19.1 Å². The number of unbranched alkanes of at least 4 members (excludes halogenated alkanes) is 1. The van der Waals surface area contributed by atoms with Crippen molar-refractivity contribution in [1.29, 1.82) is 0 Å². The van der Waals surface area contributed by atoms with Crippen molar-refractivity contribution in [2.75, 3.05) is 17.6 Å². The summed E-state index contributed by atoms with van der Waals surface area (Å²) in [7, 11) is -3.83. The van der Waals surface area contributed by atoms with Crippen molar-refractivity contribution in [3.05, 3.63) is 47.5 Å². The highest BCUT2D eigenvalue weighted by Gasteiger charge is 2.24. The summed E-state index contributed by atoms with van der Waals surface area (Å²) in [6, 6.07) is 5.46. The average molecular weight is 397 g/mol. The Hall–Kier alpha value is -2.48. The number of hydrogen-bond acceptors (Lipinski definition) is 4. The highest BCUT2D eigenvalue weighted by atomic mass is 32.2. The van der Waals surface area contributed by atoms with Crippen LogP contribution in [-0.4, -0.2) is 31.8 Å². The Bertz CT molecular complexity index is 958. The molecule has 0 unspecified atom stereocenters. The number of sulfone groups is 1. The zero-order valence-corrected chi connectivity index (χ0v) is 15.9. The van der Waals surface area contributed by atoms with E-state index in [9.17, 15) is 27.1 Å². The van der Waals surface area contributed by atoms with Gasteiger partial charge in [0.2, 0.25) is 0 Å². The van der Waals surface area contributed by atoms with E-state index in [1.807, 2.05) is 6.92 Å². The fourth-order valence-electron chi connectivity index (χ4n) is 2.63. The first-order valence-corrected chi connectivity index (χ1v) is 10.2. The predicted octanol–water partition coefficient (Wildman–Crippen LogP) is 4.34. The molecule has 0 aliphatic rings. The van der Waals surface area contributed by atoms with Gasteiger partial charge in [0.05, 0.1) is 16.2 Å². The van der Waals surface area contributed by atoms with Gasteiger partial charge in [-0.15, -0.1) is 0 Å². The van der Waals surface area contributed by atoms with Gasteiger partial charge in [-0.3, -0.25) is 0 Å². The predicted molar refractivity (Wildman–Crippen MR) is 99.9 cm³/mol. The van der Waals surface area contributed by atoms with Crippen LogP contribution in [0.1, 0.15) is 37.0 Å². The lowest BCUT2D eigenvalue weighted by Gasteiger charge is -2.18. The molecule has 2 rings (SSSR count). The van der Waals surface area contributed by atoms with Crippen LogP contribution in [0.4, 0.5) is 14.5 Å². The standard InChI is InChI=1S/C19H21F2NO4S/c1-3-5-8-22-16-10-13(19(23)24)11-17(27(25,26)4-2)18(16)12-6-7-14(20)15(21)9-12/h6-7,9-11,22H,3-5,8H2,1-2H3,(H,23,24). The highest BCUT2D eigenvalue weighted by molar-refractivity contribution is 7.91. The summed E-state index contributed by atoms with van der Waals surface area (Å²) in [6.45, 7) is 3.88. The molecule has 27 heavy (non-hydrogen) atoms. The zero-order valence-electron chi connectivity index (χ0n) is 15.1. The summed E-state index contributed by atoms with van der Waals surface area (Å²) in [4.78, 5) is 11.2. The van der Waals surface area contributed by atoms with E-state index < -0.39 is 27.4 Å². The Balaban J connectivity index is 2.82. The van der Waals surface area contributed by atoms with Gasteiger partial charge in [-0.25, -0.2) is 22.0 Å². The minimum Gasteiger partial charge on any atom is -0.478 e. The van der Waals surface area contributed by atoms with Gasteiger partial charge in [-0.05, 0) is 36.2 Å². The molecule has 0 saturated carbocycles. The number of nitrogens with one attached hydrogen (secondary N) is 1. The second-order valence-corrected chi connectivity index (χ2v) is 8.26. The molecule has 0 spiro atoms. The first-order chi connectivity index (χ1) is 12.7. The summed E-state index contributed by atoms with van der Waals surface area (Å²) in [6.07, 6.45) is 1.64. The lowest BCUT2D eigenvalue weighted by molar-refractivity contribution is 0.0696. The van der Waals surface area contributed by atoms with Crippen molar-refractivity contribution >= 4 is 21.5 Å². The number of carboxylic acids is 1. The van der Waals surface area contributed by atoms with Gasteiger partial charge in [0.25, 0.3) is 0 Å². The Morgan fingerprint density at radius 2 is 1.81 bits per heavy atom. The van der Waals surface area contributed by atoms with Crippen LogP contribution in [0.15, 0.2) is 35.2 Å². The molecule has 8 heteroatoms. The van der Waals surface area contributed by atoms with E-state index >= 15 is 0 Å². The molecule has 5 nitrogen and oxygen atoms in total. The van der Waals surface area contributed by atoms with Gasteiger partial charge >= 0.3 is 5.97 Å². The van der Waals surface area contributed by atoms with Crippen molar-refractivity contribution in [2.24, 2.45) is 0 Å². The summed E-state index contributed by atoms with van der Waals surface area (Å²) in [5.74, 6) is -3.71. The molecule has 0 amide bonds. The quantitative estimate of drug-likeness (QED) is 0.648. The molecule has 0 aliphatic heterocycles. The number of carbonyl (C=O) groups is 1. The summed E-state index contributed by atoms with van der Waals surface area (Å²) < 4.78 is 52.4. The molecule has 2 aromatic rings. The Labute approximate surface area is 157 Å². The molecule has 0 bridgehead atoms. The van der Waals surface area contributed by atoms with Crippen LogP contribution >= 0.6 is 0 Å². The van der Waals surface area contributed by atoms with Gasteiger partial charge in [0, 0.05) is 17.8 Å². The monoisotopic (exact) mass is 397 g/mol. The number of benzene rings is 2. The van der Waals surface area contributed by atoms with Crippen LogP contribution in [0.5, 0.6) is 0 Å². The first kappa shape index (κ1) is 20.8. The lowest BCUT2D eigenvalue weighted by Crippen LogP contribution is -2.12. The third kappa shape index (κ3) is 4.63. The minimum atomic E-state index is -3.83. The smallest absolute Gasteiger partial charge is 0.335 e. The second kappa shape index (κ2) is 8.47. The third-order valence-corrected chi connectivity index (χ3v) is 5.87. The fraction of sp³-hybridized carbons (Fsp3) is 0.316. The van der Waals surface area contributed by atoms with Gasteiger partial charge < -0.3 is 10.4 Å². The van der Waals surface area contributed by atoms with E-state index in [-0.39, 0.29) is 33.0 Å². The fourth-order valence-corrected chi connectivity index (χ4v) is 3.78. The molecule has 0 aromatic heterocycles.